The maximum absolute atomic E-state index is 5.78. The van der Waals surface area contributed by atoms with Crippen molar-refractivity contribution in [3.63, 3.8) is 0 Å². The lowest BCUT2D eigenvalue weighted by Crippen LogP contribution is -2.16. The lowest BCUT2D eigenvalue weighted by Gasteiger charge is -2.12. The van der Waals surface area contributed by atoms with Crippen LogP contribution in [0.3, 0.4) is 0 Å². The van der Waals surface area contributed by atoms with E-state index in [9.17, 15) is 0 Å². The third kappa shape index (κ3) is 2.68. The van der Waals surface area contributed by atoms with Gasteiger partial charge in [0.25, 0.3) is 0 Å². The van der Waals surface area contributed by atoms with Gasteiger partial charge in [-0.2, -0.15) is 5.10 Å². The van der Waals surface area contributed by atoms with Crippen LogP contribution in [0, 0.1) is 4.77 Å². The minimum atomic E-state index is 0.278. The average molecular weight is 335 g/mol. The molecule has 0 saturated carbocycles. The maximum Gasteiger partial charge on any atom is 0.195 e. The summed E-state index contributed by atoms with van der Waals surface area (Å²) in [4.78, 5) is 1.55. The van der Waals surface area contributed by atoms with Gasteiger partial charge in [0.1, 0.15) is 0 Å². The molecule has 118 valence electrons. The third-order valence-corrected chi connectivity index (χ3v) is 6.12. The number of hydrogen-bond acceptors (Lipinski definition) is 4. The van der Waals surface area contributed by atoms with Gasteiger partial charge >= 0.3 is 0 Å². The largest absolute Gasteiger partial charge is 0.376 e. The first-order chi connectivity index (χ1) is 10.8. The second kappa shape index (κ2) is 6.26. The Kier molecular flexibility index (Phi) is 4.15. The predicted octanol–water partition coefficient (Wildman–Crippen LogP) is 4.12. The molecule has 1 aliphatic heterocycles. The molecule has 1 saturated heterocycles. The van der Waals surface area contributed by atoms with Crippen molar-refractivity contribution >= 4 is 23.6 Å². The number of ether oxygens (including phenoxy) is 1. The summed E-state index contributed by atoms with van der Waals surface area (Å²) in [6, 6.07) is 0. The van der Waals surface area contributed by atoms with Gasteiger partial charge in [-0.15, -0.1) is 11.3 Å². The number of rotatable bonds is 3. The Hall–Kier alpha value is -0.980. The molecule has 6 heteroatoms. The van der Waals surface area contributed by atoms with Crippen molar-refractivity contribution in [3.8, 4) is 11.4 Å². The highest BCUT2D eigenvalue weighted by atomic mass is 32.1. The zero-order chi connectivity index (χ0) is 14.9. The van der Waals surface area contributed by atoms with E-state index in [1.807, 2.05) is 11.3 Å². The number of H-pyrrole nitrogens is 1. The Labute approximate surface area is 139 Å². The van der Waals surface area contributed by atoms with Crippen LogP contribution in [0.15, 0.2) is 5.38 Å². The second-order valence-electron chi connectivity index (χ2n) is 6.21. The summed E-state index contributed by atoms with van der Waals surface area (Å²) >= 11 is 7.34. The summed E-state index contributed by atoms with van der Waals surface area (Å²) < 4.78 is 8.62. The molecule has 22 heavy (non-hydrogen) atoms. The Morgan fingerprint density at radius 3 is 3.09 bits per heavy atom. The number of aromatic nitrogens is 3. The van der Waals surface area contributed by atoms with E-state index in [1.54, 1.807) is 4.88 Å². The predicted molar refractivity (Wildman–Crippen MR) is 91.0 cm³/mol. The molecule has 0 bridgehead atoms. The van der Waals surface area contributed by atoms with E-state index >= 15 is 0 Å². The monoisotopic (exact) mass is 335 g/mol. The molecule has 4 nitrogen and oxygen atoms in total. The standard InChI is InChI=1S/C16H21N3OS2/c21-16-18-17-15(19(16)9-11-5-4-8-20-11)13-10-22-14-7-3-1-2-6-12(13)14/h10-11H,1-9H2,(H,18,21). The number of aromatic amines is 1. The molecule has 2 aromatic heterocycles. The topological polar surface area (TPSA) is 42.8 Å². The van der Waals surface area contributed by atoms with Crippen LogP contribution < -0.4 is 0 Å². The summed E-state index contributed by atoms with van der Waals surface area (Å²) in [5.41, 5.74) is 2.79. The fraction of sp³-hybridized carbons (Fsp3) is 0.625. The molecule has 1 aliphatic carbocycles. The van der Waals surface area contributed by atoms with E-state index in [0.29, 0.717) is 4.77 Å². The number of hydrogen-bond donors (Lipinski definition) is 1. The molecule has 3 heterocycles. The smallest absolute Gasteiger partial charge is 0.195 e. The number of nitrogens with zero attached hydrogens (tertiary/aromatic N) is 2. The second-order valence-corrected chi connectivity index (χ2v) is 7.56. The number of thiophene rings is 1. The summed E-state index contributed by atoms with van der Waals surface area (Å²) in [5.74, 6) is 1.000. The van der Waals surface area contributed by atoms with Gasteiger partial charge in [0.15, 0.2) is 10.6 Å². The highest BCUT2D eigenvalue weighted by molar-refractivity contribution is 7.71. The lowest BCUT2D eigenvalue weighted by molar-refractivity contribution is 0.0970. The van der Waals surface area contributed by atoms with Gasteiger partial charge in [-0.25, -0.2) is 0 Å². The molecular formula is C16H21N3OS2. The van der Waals surface area contributed by atoms with E-state index in [0.717, 1.165) is 31.8 Å². The van der Waals surface area contributed by atoms with Crippen LogP contribution in [0.1, 0.15) is 42.5 Å². The molecule has 1 fully saturated rings. The Bertz CT molecular complexity index is 709. The van der Waals surface area contributed by atoms with Crippen LogP contribution in [0.2, 0.25) is 0 Å². The van der Waals surface area contributed by atoms with Crippen LogP contribution in [0.25, 0.3) is 11.4 Å². The van der Waals surface area contributed by atoms with Gasteiger partial charge in [-0.3, -0.25) is 9.67 Å². The van der Waals surface area contributed by atoms with Gasteiger partial charge in [-0.05, 0) is 56.3 Å². The van der Waals surface area contributed by atoms with Crippen molar-refractivity contribution in [3.05, 3.63) is 20.6 Å². The quantitative estimate of drug-likeness (QED) is 0.678. The van der Waals surface area contributed by atoms with E-state index < -0.39 is 0 Å². The highest BCUT2D eigenvalue weighted by Crippen LogP contribution is 2.35. The zero-order valence-corrected chi connectivity index (χ0v) is 14.3. The van der Waals surface area contributed by atoms with Crippen molar-refractivity contribution < 1.29 is 4.74 Å². The van der Waals surface area contributed by atoms with Crippen LogP contribution in [0.4, 0.5) is 0 Å². The van der Waals surface area contributed by atoms with Crippen molar-refractivity contribution in [2.24, 2.45) is 0 Å². The molecule has 0 amide bonds. The molecule has 2 aliphatic rings. The Morgan fingerprint density at radius 2 is 2.23 bits per heavy atom. The molecule has 2 aromatic rings. The first kappa shape index (κ1) is 14.6. The summed E-state index contributed by atoms with van der Waals surface area (Å²) in [6.45, 7) is 1.69. The number of nitrogens with one attached hydrogen (secondary N) is 1. The van der Waals surface area contributed by atoms with Crippen molar-refractivity contribution in [2.45, 2.75) is 57.6 Å². The van der Waals surface area contributed by atoms with E-state index in [1.165, 1.54) is 43.2 Å². The van der Waals surface area contributed by atoms with Crippen LogP contribution >= 0.6 is 23.6 Å². The Morgan fingerprint density at radius 1 is 1.32 bits per heavy atom. The van der Waals surface area contributed by atoms with Gasteiger partial charge in [0, 0.05) is 22.4 Å². The number of aryl methyl sites for hydroxylation is 1. The van der Waals surface area contributed by atoms with E-state index in [4.69, 9.17) is 17.0 Å². The lowest BCUT2D eigenvalue weighted by atomic mass is 10.1. The van der Waals surface area contributed by atoms with Crippen molar-refractivity contribution in [1.29, 1.82) is 0 Å². The molecular weight excluding hydrogens is 314 g/mol. The SMILES string of the molecule is S=c1[nH]nc(-c2csc3c2CCCCC3)n1CC1CCCO1. The highest BCUT2D eigenvalue weighted by Gasteiger charge is 2.22. The number of fused-ring (bicyclic) bond motifs is 1. The average Bonchev–Trinajstić information content (AvgIpc) is 3.20. The first-order valence-corrected chi connectivity index (χ1v) is 9.48. The normalized spacial score (nSPS) is 21.7. The third-order valence-electron chi connectivity index (χ3n) is 4.72. The molecule has 1 N–H and O–H groups in total. The van der Waals surface area contributed by atoms with E-state index in [2.05, 4.69) is 20.1 Å². The van der Waals surface area contributed by atoms with Crippen molar-refractivity contribution in [1.82, 2.24) is 14.8 Å². The molecule has 0 aromatic carbocycles. The fourth-order valence-corrected chi connectivity index (χ4v) is 4.87. The van der Waals surface area contributed by atoms with Gasteiger partial charge in [0.2, 0.25) is 0 Å². The maximum atomic E-state index is 5.78. The summed E-state index contributed by atoms with van der Waals surface area (Å²) in [7, 11) is 0. The van der Waals surface area contributed by atoms with Crippen LogP contribution in [0.5, 0.6) is 0 Å². The van der Waals surface area contributed by atoms with Crippen LogP contribution in [-0.2, 0) is 24.1 Å². The molecule has 0 spiro atoms. The van der Waals surface area contributed by atoms with Crippen molar-refractivity contribution in [2.75, 3.05) is 6.61 Å². The zero-order valence-electron chi connectivity index (χ0n) is 12.6. The first-order valence-electron chi connectivity index (χ1n) is 8.19. The fourth-order valence-electron chi connectivity index (χ4n) is 3.54. The summed E-state index contributed by atoms with van der Waals surface area (Å²) in [6.07, 6.45) is 8.88. The molecule has 1 atom stereocenters. The Balaban J connectivity index is 1.71. The van der Waals surface area contributed by atoms with Gasteiger partial charge in [0.05, 0.1) is 12.6 Å². The molecule has 0 radical (unpaired) electrons. The minimum Gasteiger partial charge on any atom is -0.376 e. The molecule has 1 unspecified atom stereocenters. The molecule has 4 rings (SSSR count). The van der Waals surface area contributed by atoms with Gasteiger partial charge in [-0.1, -0.05) is 6.42 Å². The minimum absolute atomic E-state index is 0.278. The van der Waals surface area contributed by atoms with Gasteiger partial charge < -0.3 is 4.74 Å². The summed E-state index contributed by atoms with van der Waals surface area (Å²) in [5, 5.41) is 9.79. The van der Waals surface area contributed by atoms with Crippen LogP contribution in [-0.4, -0.2) is 27.5 Å². The van der Waals surface area contributed by atoms with E-state index in [-0.39, 0.29) is 6.10 Å².